The normalized spacial score (nSPS) is 22.8. The molecule has 0 saturated heterocycles. The molecule has 0 heterocycles. The number of halogens is 2. The van der Waals surface area contributed by atoms with Crippen molar-refractivity contribution in [3.8, 4) is 0 Å². The van der Waals surface area contributed by atoms with Gasteiger partial charge in [0, 0.05) is 15.6 Å². The van der Waals surface area contributed by atoms with Gasteiger partial charge in [0.2, 0.25) is 0 Å². The van der Waals surface area contributed by atoms with Crippen LogP contribution in [0.4, 0.5) is 0 Å². The largest absolute Gasteiger partial charge is 0.124 e. The van der Waals surface area contributed by atoms with Gasteiger partial charge in [0.15, 0.2) is 0 Å². The molecule has 32 heavy (non-hydrogen) atoms. The Balaban J connectivity index is 1.70. The maximum Gasteiger partial charge on any atom is 0.0455 e. The monoisotopic (exact) mass is 468 g/mol. The molecule has 1 aliphatic rings. The van der Waals surface area contributed by atoms with Crippen molar-refractivity contribution in [2.45, 2.75) is 72.1 Å². The van der Waals surface area contributed by atoms with Crippen molar-refractivity contribution in [2.24, 2.45) is 23.7 Å². The molecule has 4 unspecified atom stereocenters. The van der Waals surface area contributed by atoms with Crippen molar-refractivity contribution in [3.63, 3.8) is 0 Å². The average molecular weight is 470 g/mol. The number of allylic oxidation sites excluding steroid dienone is 1. The molecule has 2 heteroatoms. The summed E-state index contributed by atoms with van der Waals surface area (Å²) in [6.07, 6.45) is 9.54. The topological polar surface area (TPSA) is 0 Å². The molecule has 3 rings (SSSR count). The molecule has 0 amide bonds. The Morgan fingerprint density at radius 3 is 2.25 bits per heavy atom. The molecule has 0 aliphatic heterocycles. The summed E-state index contributed by atoms with van der Waals surface area (Å²) in [7, 11) is 0. The maximum atomic E-state index is 6.66. The Labute approximate surface area is 205 Å². The Morgan fingerprint density at radius 2 is 1.66 bits per heavy atom. The lowest BCUT2D eigenvalue weighted by Crippen LogP contribution is -2.15. The number of hydrogen-bond donors (Lipinski definition) is 0. The van der Waals surface area contributed by atoms with Crippen molar-refractivity contribution in [3.05, 3.63) is 81.5 Å². The van der Waals surface area contributed by atoms with E-state index in [1.807, 2.05) is 0 Å². The van der Waals surface area contributed by atoms with Crippen LogP contribution < -0.4 is 0 Å². The van der Waals surface area contributed by atoms with Gasteiger partial charge in [0.25, 0.3) is 0 Å². The molecule has 0 radical (unpaired) electrons. The molecule has 2 aromatic rings. The van der Waals surface area contributed by atoms with E-state index in [9.17, 15) is 0 Å². The molecule has 0 aromatic heterocycles. The average Bonchev–Trinajstić information content (AvgIpc) is 2.88. The van der Waals surface area contributed by atoms with Crippen LogP contribution in [-0.4, -0.2) is 0 Å². The van der Waals surface area contributed by atoms with Crippen LogP contribution in [0.1, 0.15) is 76.0 Å². The maximum absolute atomic E-state index is 6.66. The van der Waals surface area contributed by atoms with Crippen LogP contribution in [0.2, 0.25) is 10.0 Å². The predicted octanol–water partition coefficient (Wildman–Crippen LogP) is 9.83. The second-order valence-electron chi connectivity index (χ2n) is 9.70. The molecule has 1 aliphatic carbocycles. The molecular formula is C30H38Cl2. The quantitative estimate of drug-likeness (QED) is 0.369. The molecule has 172 valence electrons. The summed E-state index contributed by atoms with van der Waals surface area (Å²) in [5.74, 6) is 2.48. The highest BCUT2D eigenvalue weighted by Gasteiger charge is 2.26. The Hall–Kier alpha value is -1.46. The van der Waals surface area contributed by atoms with Gasteiger partial charge in [-0.3, -0.25) is 0 Å². The van der Waals surface area contributed by atoms with E-state index in [1.54, 1.807) is 0 Å². The SMILES string of the molecule is C=C=C(c1ccccc1)C(C)C1CCCC(C)C(Cc2c(Cl)cc(CC)cc2Cl)CCC1. The Bertz CT molecular complexity index is 900. The number of benzene rings is 2. The molecular weight excluding hydrogens is 431 g/mol. The molecule has 4 atom stereocenters. The highest BCUT2D eigenvalue weighted by Crippen LogP contribution is 2.39. The third kappa shape index (κ3) is 6.32. The van der Waals surface area contributed by atoms with Crippen molar-refractivity contribution in [1.82, 2.24) is 0 Å². The van der Waals surface area contributed by atoms with Gasteiger partial charge in [0.1, 0.15) is 0 Å². The molecule has 1 saturated carbocycles. The first kappa shape index (κ1) is 25.2. The van der Waals surface area contributed by atoms with E-state index in [1.165, 1.54) is 55.2 Å². The summed E-state index contributed by atoms with van der Waals surface area (Å²) in [5, 5.41) is 1.69. The standard InChI is InChI=1S/C30H38Cl2/c1-5-23-18-29(31)28(30(32)19-23)20-26-17-11-16-24(15-10-12-21(26)3)22(4)27(6-2)25-13-8-7-9-14-25/h7-9,13-14,18-19,21-22,24,26H,2,5,10-12,15-17,20H2,1,3-4H3. The first-order chi connectivity index (χ1) is 15.4. The van der Waals surface area contributed by atoms with Crippen molar-refractivity contribution >= 4 is 28.8 Å². The van der Waals surface area contributed by atoms with Gasteiger partial charge in [-0.2, -0.15) is 0 Å². The van der Waals surface area contributed by atoms with Gasteiger partial charge < -0.3 is 0 Å². The van der Waals surface area contributed by atoms with E-state index in [0.29, 0.717) is 23.7 Å². The van der Waals surface area contributed by atoms with E-state index < -0.39 is 0 Å². The summed E-state index contributed by atoms with van der Waals surface area (Å²) in [4.78, 5) is 0. The van der Waals surface area contributed by atoms with E-state index in [-0.39, 0.29) is 0 Å². The van der Waals surface area contributed by atoms with Crippen LogP contribution in [0.25, 0.3) is 5.57 Å². The Kier molecular flexibility index (Phi) is 9.54. The number of rotatable bonds is 6. The summed E-state index contributed by atoms with van der Waals surface area (Å²) in [6, 6.07) is 14.9. The number of hydrogen-bond acceptors (Lipinski definition) is 0. The highest BCUT2D eigenvalue weighted by molar-refractivity contribution is 6.36. The predicted molar refractivity (Wildman–Crippen MR) is 142 cm³/mol. The van der Waals surface area contributed by atoms with Gasteiger partial charge in [-0.05, 0) is 84.6 Å². The third-order valence-electron chi connectivity index (χ3n) is 7.70. The second kappa shape index (κ2) is 12.1. The first-order valence-corrected chi connectivity index (χ1v) is 13.1. The molecule has 1 fully saturated rings. The first-order valence-electron chi connectivity index (χ1n) is 12.4. The smallest absolute Gasteiger partial charge is 0.0455 e. The summed E-state index contributed by atoms with van der Waals surface area (Å²) in [6.45, 7) is 11.0. The zero-order valence-corrected chi connectivity index (χ0v) is 21.5. The fourth-order valence-electron chi connectivity index (χ4n) is 5.51. The van der Waals surface area contributed by atoms with E-state index in [4.69, 9.17) is 23.2 Å². The fraction of sp³-hybridized carbons (Fsp3) is 0.500. The molecule has 0 bridgehead atoms. The summed E-state index contributed by atoms with van der Waals surface area (Å²) in [5.41, 5.74) is 8.17. The van der Waals surface area contributed by atoms with Gasteiger partial charge in [-0.25, -0.2) is 0 Å². The van der Waals surface area contributed by atoms with Crippen LogP contribution in [0.3, 0.4) is 0 Å². The van der Waals surface area contributed by atoms with Crippen LogP contribution in [0.15, 0.2) is 54.8 Å². The lowest BCUT2D eigenvalue weighted by Gasteiger charge is -2.25. The molecule has 0 N–H and O–H groups in total. The van der Waals surface area contributed by atoms with Crippen molar-refractivity contribution in [1.29, 1.82) is 0 Å². The molecule has 0 nitrogen and oxygen atoms in total. The van der Waals surface area contributed by atoms with Crippen molar-refractivity contribution < 1.29 is 0 Å². The van der Waals surface area contributed by atoms with E-state index >= 15 is 0 Å². The fourth-order valence-corrected chi connectivity index (χ4v) is 6.19. The third-order valence-corrected chi connectivity index (χ3v) is 8.38. The van der Waals surface area contributed by atoms with Crippen molar-refractivity contribution in [2.75, 3.05) is 0 Å². The van der Waals surface area contributed by atoms with Gasteiger partial charge in [0.05, 0.1) is 0 Å². The van der Waals surface area contributed by atoms with Crippen LogP contribution >= 0.6 is 23.2 Å². The van der Waals surface area contributed by atoms with Gasteiger partial charge in [-0.15, -0.1) is 5.73 Å². The Morgan fingerprint density at radius 1 is 1.03 bits per heavy atom. The minimum Gasteiger partial charge on any atom is -0.124 e. The van der Waals surface area contributed by atoms with E-state index in [0.717, 1.165) is 28.5 Å². The van der Waals surface area contributed by atoms with Gasteiger partial charge in [-0.1, -0.05) is 100 Å². The van der Waals surface area contributed by atoms with Crippen LogP contribution in [0, 0.1) is 23.7 Å². The lowest BCUT2D eigenvalue weighted by atomic mass is 9.79. The van der Waals surface area contributed by atoms with E-state index in [2.05, 4.69) is 75.5 Å². The minimum atomic E-state index is 0.479. The number of aryl methyl sites for hydroxylation is 1. The summed E-state index contributed by atoms with van der Waals surface area (Å²) >= 11 is 13.3. The molecule has 0 spiro atoms. The molecule has 2 aromatic carbocycles. The van der Waals surface area contributed by atoms with Crippen LogP contribution in [0.5, 0.6) is 0 Å². The van der Waals surface area contributed by atoms with Gasteiger partial charge >= 0.3 is 0 Å². The lowest BCUT2D eigenvalue weighted by molar-refractivity contribution is 0.311. The highest BCUT2D eigenvalue weighted by atomic mass is 35.5. The zero-order valence-electron chi connectivity index (χ0n) is 20.0. The zero-order chi connectivity index (χ0) is 23.1. The minimum absolute atomic E-state index is 0.479. The summed E-state index contributed by atoms with van der Waals surface area (Å²) < 4.78 is 0. The van der Waals surface area contributed by atoms with Crippen LogP contribution in [-0.2, 0) is 12.8 Å². The second-order valence-corrected chi connectivity index (χ2v) is 10.5.